The number of aryl methyl sites for hydroxylation is 1. The Bertz CT molecular complexity index is 428. The molecule has 0 aliphatic rings. The first kappa shape index (κ1) is 17.2. The van der Waals surface area contributed by atoms with E-state index in [2.05, 4.69) is 6.58 Å². The van der Waals surface area contributed by atoms with Crippen molar-refractivity contribution in [3.8, 4) is 5.75 Å². The Balaban J connectivity index is 0.000000982. The van der Waals surface area contributed by atoms with E-state index in [4.69, 9.17) is 9.47 Å². The van der Waals surface area contributed by atoms with Gasteiger partial charge in [-0.3, -0.25) is 4.79 Å². The highest BCUT2D eigenvalue weighted by molar-refractivity contribution is 5.73. The van der Waals surface area contributed by atoms with Crippen molar-refractivity contribution in [2.24, 2.45) is 0 Å². The summed E-state index contributed by atoms with van der Waals surface area (Å²) in [7, 11) is 1.38. The Morgan fingerprint density at radius 1 is 1.47 bits per heavy atom. The fourth-order valence-corrected chi connectivity index (χ4v) is 1.53. The van der Waals surface area contributed by atoms with Gasteiger partial charge in [0.25, 0.3) is 0 Å². The molecule has 1 rings (SSSR count). The lowest BCUT2D eigenvalue weighted by Crippen LogP contribution is -2.09. The molecule has 4 heteroatoms. The molecular formula is C15H21FO3. The molecule has 1 aromatic rings. The number of ether oxygens (including phenoxy) is 2. The molecule has 0 heterocycles. The average Bonchev–Trinajstić information content (AvgIpc) is 2.29. The number of halogens is 1. The van der Waals surface area contributed by atoms with Crippen molar-refractivity contribution in [2.75, 3.05) is 13.7 Å². The van der Waals surface area contributed by atoms with E-state index in [0.717, 1.165) is 5.56 Å². The van der Waals surface area contributed by atoms with E-state index in [9.17, 15) is 9.18 Å². The Kier molecular flexibility index (Phi) is 8.25. The smallest absolute Gasteiger partial charge is 0.310 e. The Labute approximate surface area is 114 Å². The van der Waals surface area contributed by atoms with Gasteiger partial charge in [0.2, 0.25) is 0 Å². The van der Waals surface area contributed by atoms with E-state index < -0.39 is 5.82 Å². The maximum Gasteiger partial charge on any atom is 0.310 e. The molecule has 0 saturated carbocycles. The van der Waals surface area contributed by atoms with Crippen molar-refractivity contribution in [1.29, 1.82) is 0 Å². The van der Waals surface area contributed by atoms with E-state index in [-0.39, 0.29) is 18.1 Å². The van der Waals surface area contributed by atoms with Crippen LogP contribution in [0.4, 0.5) is 4.39 Å². The molecule has 0 aromatic heterocycles. The Morgan fingerprint density at radius 2 is 2.05 bits per heavy atom. The SMILES string of the molecule is C=CC.CCOC(=O)Cc1cc(C)cc(F)c1OC. The summed E-state index contributed by atoms with van der Waals surface area (Å²) in [6, 6.07) is 3.09. The summed E-state index contributed by atoms with van der Waals surface area (Å²) < 4.78 is 23.2. The zero-order chi connectivity index (χ0) is 14.8. The number of hydrogen-bond acceptors (Lipinski definition) is 3. The summed E-state index contributed by atoms with van der Waals surface area (Å²) in [5.74, 6) is -0.730. The molecule has 0 amide bonds. The minimum absolute atomic E-state index is 0.0234. The standard InChI is InChI=1S/C12H15FO3.C3H6/c1-4-16-11(14)7-9-5-8(2)6-10(13)12(9)15-3;1-3-2/h5-6H,4,7H2,1-3H3;3H,1H2,2H3. The van der Waals surface area contributed by atoms with Crippen LogP contribution in [0.1, 0.15) is 25.0 Å². The van der Waals surface area contributed by atoms with Gasteiger partial charge in [0, 0.05) is 5.56 Å². The molecule has 0 spiro atoms. The van der Waals surface area contributed by atoms with Crippen LogP contribution in [-0.4, -0.2) is 19.7 Å². The van der Waals surface area contributed by atoms with Crippen LogP contribution in [0.15, 0.2) is 24.8 Å². The maximum absolute atomic E-state index is 13.5. The molecule has 0 atom stereocenters. The number of esters is 1. The number of carbonyl (C=O) groups is 1. The lowest BCUT2D eigenvalue weighted by molar-refractivity contribution is -0.142. The minimum atomic E-state index is -0.457. The molecule has 0 N–H and O–H groups in total. The number of benzene rings is 1. The van der Waals surface area contributed by atoms with E-state index in [1.165, 1.54) is 13.2 Å². The van der Waals surface area contributed by atoms with Crippen molar-refractivity contribution in [2.45, 2.75) is 27.2 Å². The Hall–Kier alpha value is -1.84. The van der Waals surface area contributed by atoms with Gasteiger partial charge in [0.1, 0.15) is 0 Å². The highest BCUT2D eigenvalue weighted by atomic mass is 19.1. The zero-order valence-electron chi connectivity index (χ0n) is 12.0. The molecule has 0 saturated heterocycles. The van der Waals surface area contributed by atoms with Crippen LogP contribution in [0.2, 0.25) is 0 Å². The van der Waals surface area contributed by atoms with E-state index in [1.54, 1.807) is 26.0 Å². The highest BCUT2D eigenvalue weighted by Crippen LogP contribution is 2.24. The zero-order valence-corrected chi connectivity index (χ0v) is 12.0. The van der Waals surface area contributed by atoms with Crippen molar-refractivity contribution in [3.63, 3.8) is 0 Å². The van der Waals surface area contributed by atoms with Gasteiger partial charge in [0.05, 0.1) is 20.1 Å². The number of allylic oxidation sites excluding steroid dienone is 1. The number of carbonyl (C=O) groups excluding carboxylic acids is 1. The number of rotatable bonds is 4. The molecule has 1 aromatic carbocycles. The van der Waals surface area contributed by atoms with Crippen molar-refractivity contribution in [1.82, 2.24) is 0 Å². The van der Waals surface area contributed by atoms with Gasteiger partial charge in [-0.1, -0.05) is 12.1 Å². The molecule has 0 radical (unpaired) electrons. The average molecular weight is 268 g/mol. The van der Waals surface area contributed by atoms with Crippen LogP contribution >= 0.6 is 0 Å². The van der Waals surface area contributed by atoms with Gasteiger partial charge < -0.3 is 9.47 Å². The molecule has 106 valence electrons. The fraction of sp³-hybridized carbons (Fsp3) is 0.400. The van der Waals surface area contributed by atoms with Crippen LogP contribution in [0.25, 0.3) is 0 Å². The third kappa shape index (κ3) is 6.04. The molecular weight excluding hydrogens is 247 g/mol. The van der Waals surface area contributed by atoms with Crippen LogP contribution in [0, 0.1) is 12.7 Å². The lowest BCUT2D eigenvalue weighted by atomic mass is 10.1. The quantitative estimate of drug-likeness (QED) is 0.620. The normalized spacial score (nSPS) is 9.11. The first-order valence-electron chi connectivity index (χ1n) is 6.05. The molecule has 0 aliphatic heterocycles. The van der Waals surface area contributed by atoms with Gasteiger partial charge in [-0.05, 0) is 32.4 Å². The summed E-state index contributed by atoms with van der Waals surface area (Å²) in [4.78, 5) is 11.3. The monoisotopic (exact) mass is 268 g/mol. The van der Waals surface area contributed by atoms with Gasteiger partial charge >= 0.3 is 5.97 Å². The molecule has 0 unspecified atom stereocenters. The Morgan fingerprint density at radius 3 is 2.53 bits per heavy atom. The first-order chi connectivity index (χ1) is 8.99. The molecule has 0 fully saturated rings. The number of methoxy groups -OCH3 is 1. The van der Waals surface area contributed by atoms with Crippen LogP contribution in [-0.2, 0) is 16.0 Å². The highest BCUT2D eigenvalue weighted by Gasteiger charge is 2.14. The predicted molar refractivity (Wildman–Crippen MR) is 73.9 cm³/mol. The summed E-state index contributed by atoms with van der Waals surface area (Å²) in [5, 5.41) is 0. The van der Waals surface area contributed by atoms with Gasteiger partial charge in [-0.25, -0.2) is 4.39 Å². The van der Waals surface area contributed by atoms with Crippen LogP contribution in [0.5, 0.6) is 5.75 Å². The van der Waals surface area contributed by atoms with Crippen molar-refractivity contribution >= 4 is 5.97 Å². The molecule has 0 bridgehead atoms. The molecule has 0 aliphatic carbocycles. The second-order valence-electron chi connectivity index (χ2n) is 3.83. The summed E-state index contributed by atoms with van der Waals surface area (Å²) in [6.45, 7) is 9.05. The third-order valence-corrected chi connectivity index (χ3v) is 2.11. The molecule has 3 nitrogen and oxygen atoms in total. The van der Waals surface area contributed by atoms with E-state index in [0.29, 0.717) is 12.2 Å². The van der Waals surface area contributed by atoms with Crippen LogP contribution < -0.4 is 4.74 Å². The van der Waals surface area contributed by atoms with Crippen molar-refractivity contribution < 1.29 is 18.7 Å². The molecule has 19 heavy (non-hydrogen) atoms. The fourth-order valence-electron chi connectivity index (χ4n) is 1.53. The topological polar surface area (TPSA) is 35.5 Å². The van der Waals surface area contributed by atoms with Gasteiger partial charge in [0.15, 0.2) is 11.6 Å². The summed E-state index contributed by atoms with van der Waals surface area (Å²) in [5.41, 5.74) is 1.26. The van der Waals surface area contributed by atoms with E-state index >= 15 is 0 Å². The second kappa shape index (κ2) is 9.14. The largest absolute Gasteiger partial charge is 0.493 e. The number of hydrogen-bond donors (Lipinski definition) is 0. The third-order valence-electron chi connectivity index (χ3n) is 2.11. The second-order valence-corrected chi connectivity index (χ2v) is 3.83. The predicted octanol–water partition coefficient (Wildman–Crippen LogP) is 3.44. The van der Waals surface area contributed by atoms with E-state index in [1.807, 2.05) is 6.92 Å². The van der Waals surface area contributed by atoms with Gasteiger partial charge in [-0.2, -0.15) is 0 Å². The van der Waals surface area contributed by atoms with Crippen LogP contribution in [0.3, 0.4) is 0 Å². The van der Waals surface area contributed by atoms with Crippen molar-refractivity contribution in [3.05, 3.63) is 41.7 Å². The summed E-state index contributed by atoms with van der Waals surface area (Å²) in [6.07, 6.45) is 1.77. The lowest BCUT2D eigenvalue weighted by Gasteiger charge is -2.10. The van der Waals surface area contributed by atoms with Gasteiger partial charge in [-0.15, -0.1) is 6.58 Å². The first-order valence-corrected chi connectivity index (χ1v) is 6.05. The minimum Gasteiger partial charge on any atom is -0.493 e. The maximum atomic E-state index is 13.5. The summed E-state index contributed by atoms with van der Waals surface area (Å²) >= 11 is 0.